The van der Waals surface area contributed by atoms with Crippen molar-refractivity contribution in [3.63, 3.8) is 0 Å². The number of anilines is 1. The molecule has 0 atom stereocenters. The van der Waals surface area contributed by atoms with Crippen LogP contribution in [0.15, 0.2) is 83.8 Å². The van der Waals surface area contributed by atoms with Crippen LogP contribution in [0.5, 0.6) is 0 Å². The summed E-state index contributed by atoms with van der Waals surface area (Å²) in [7, 11) is -4.30. The molecule has 0 unspecified atom stereocenters. The van der Waals surface area contributed by atoms with Gasteiger partial charge in [-0.05, 0) is 30.3 Å². The van der Waals surface area contributed by atoms with Crippen molar-refractivity contribution in [1.82, 2.24) is 0 Å². The number of hydrogen-bond donors (Lipinski definition) is 0. The van der Waals surface area contributed by atoms with Gasteiger partial charge in [-0.2, -0.15) is 4.31 Å². The zero-order valence-electron chi connectivity index (χ0n) is 14.2. The zero-order chi connectivity index (χ0) is 20.3. The zero-order valence-corrected chi connectivity index (χ0v) is 15.8. The van der Waals surface area contributed by atoms with Gasteiger partial charge in [-0.15, -0.1) is 0 Å². The molecule has 9 heteroatoms. The molecule has 0 aliphatic heterocycles. The van der Waals surface area contributed by atoms with Gasteiger partial charge in [0.2, 0.25) is 0 Å². The molecule has 3 rings (SSSR count). The lowest BCUT2D eigenvalue weighted by atomic mass is 10.2. The monoisotopic (exact) mass is 416 g/mol. The van der Waals surface area contributed by atoms with Gasteiger partial charge in [0.05, 0.1) is 26.1 Å². The lowest BCUT2D eigenvalue weighted by Gasteiger charge is -2.23. The fourth-order valence-corrected chi connectivity index (χ4v) is 4.15. The van der Waals surface area contributed by atoms with Gasteiger partial charge in [0.25, 0.3) is 21.6 Å². The number of carbonyl (C=O) groups is 1. The molecule has 142 valence electrons. The second kappa shape index (κ2) is 7.79. The number of para-hydroxylation sites is 1. The first-order valence-electron chi connectivity index (χ1n) is 7.96. The van der Waals surface area contributed by atoms with Crippen LogP contribution in [0.4, 0.5) is 11.4 Å². The number of rotatable bonds is 5. The highest BCUT2D eigenvalue weighted by atomic mass is 35.5. The summed E-state index contributed by atoms with van der Waals surface area (Å²) in [6, 6.07) is 18.4. The number of hydrogen-bond acceptors (Lipinski definition) is 5. The number of nitro groups is 1. The van der Waals surface area contributed by atoms with Crippen LogP contribution in [0.1, 0.15) is 10.4 Å². The molecule has 28 heavy (non-hydrogen) atoms. The molecule has 0 spiro atoms. The van der Waals surface area contributed by atoms with E-state index in [1.807, 2.05) is 0 Å². The van der Waals surface area contributed by atoms with E-state index in [0.29, 0.717) is 4.31 Å². The molecule has 0 aromatic heterocycles. The summed E-state index contributed by atoms with van der Waals surface area (Å²) in [4.78, 5) is 23.5. The number of sulfonamides is 1. The number of benzene rings is 3. The van der Waals surface area contributed by atoms with E-state index < -0.39 is 20.9 Å². The summed E-state index contributed by atoms with van der Waals surface area (Å²) in [6.07, 6.45) is 0. The Labute approximate surface area is 166 Å². The highest BCUT2D eigenvalue weighted by Gasteiger charge is 2.33. The van der Waals surface area contributed by atoms with Crippen molar-refractivity contribution in [1.29, 1.82) is 0 Å². The van der Waals surface area contributed by atoms with E-state index in [4.69, 9.17) is 11.6 Å². The first-order chi connectivity index (χ1) is 13.3. The Kier molecular flexibility index (Phi) is 5.43. The maximum absolute atomic E-state index is 13.2. The number of nitrogens with zero attached hydrogens (tertiary/aromatic N) is 2. The lowest BCUT2D eigenvalue weighted by molar-refractivity contribution is -0.384. The first-order valence-corrected chi connectivity index (χ1v) is 9.78. The summed E-state index contributed by atoms with van der Waals surface area (Å²) in [6.45, 7) is 0. The highest BCUT2D eigenvalue weighted by molar-refractivity contribution is 7.93. The molecule has 0 aliphatic rings. The van der Waals surface area contributed by atoms with Gasteiger partial charge in [-0.25, -0.2) is 8.42 Å². The number of halogens is 1. The molecule has 0 N–H and O–H groups in total. The molecular formula is C19H13ClN2O5S. The highest BCUT2D eigenvalue weighted by Crippen LogP contribution is 2.29. The van der Waals surface area contributed by atoms with Crippen LogP contribution in [0, 0.1) is 10.1 Å². The van der Waals surface area contributed by atoms with E-state index in [2.05, 4.69) is 0 Å². The molecule has 0 radical (unpaired) electrons. The summed E-state index contributed by atoms with van der Waals surface area (Å²) in [5.74, 6) is -0.997. The smallest absolute Gasteiger partial charge is 0.268 e. The van der Waals surface area contributed by atoms with Crippen LogP contribution in [0.25, 0.3) is 0 Å². The number of amides is 1. The van der Waals surface area contributed by atoms with E-state index in [1.54, 1.807) is 24.3 Å². The van der Waals surface area contributed by atoms with Gasteiger partial charge in [-0.3, -0.25) is 14.9 Å². The number of nitro benzene ring substituents is 1. The van der Waals surface area contributed by atoms with Crippen molar-refractivity contribution in [3.05, 3.63) is 99.6 Å². The van der Waals surface area contributed by atoms with Crippen LogP contribution in [0.2, 0.25) is 5.02 Å². The fourth-order valence-electron chi connectivity index (χ4n) is 2.53. The third kappa shape index (κ3) is 3.73. The molecule has 0 bridgehead atoms. The molecule has 1 amide bonds. The second-order valence-electron chi connectivity index (χ2n) is 5.64. The quantitative estimate of drug-likeness (QED) is 0.456. The Bertz CT molecular complexity index is 1140. The van der Waals surface area contributed by atoms with Crippen LogP contribution < -0.4 is 4.31 Å². The first kappa shape index (κ1) is 19.5. The minimum Gasteiger partial charge on any atom is -0.268 e. The van der Waals surface area contributed by atoms with Crippen molar-refractivity contribution in [2.24, 2.45) is 0 Å². The lowest BCUT2D eigenvalue weighted by Crippen LogP contribution is -2.37. The van der Waals surface area contributed by atoms with Gasteiger partial charge in [0, 0.05) is 12.1 Å². The summed E-state index contributed by atoms with van der Waals surface area (Å²) >= 11 is 6.06. The van der Waals surface area contributed by atoms with E-state index in [-0.39, 0.29) is 26.9 Å². The summed E-state index contributed by atoms with van der Waals surface area (Å²) in [5, 5.41) is 11.0. The van der Waals surface area contributed by atoms with E-state index in [9.17, 15) is 23.3 Å². The Balaban J connectivity index is 2.20. The van der Waals surface area contributed by atoms with Crippen molar-refractivity contribution in [2.75, 3.05) is 4.31 Å². The van der Waals surface area contributed by atoms with E-state index >= 15 is 0 Å². The van der Waals surface area contributed by atoms with Crippen LogP contribution in [-0.2, 0) is 10.0 Å². The Morgan fingerprint density at radius 2 is 1.50 bits per heavy atom. The molecule has 0 heterocycles. The van der Waals surface area contributed by atoms with Gasteiger partial charge < -0.3 is 0 Å². The molecule has 0 saturated heterocycles. The second-order valence-corrected chi connectivity index (χ2v) is 7.84. The van der Waals surface area contributed by atoms with Crippen molar-refractivity contribution in [3.8, 4) is 0 Å². The van der Waals surface area contributed by atoms with Crippen LogP contribution >= 0.6 is 11.6 Å². The standard InChI is InChI=1S/C19H13ClN2O5S/c20-18-12-11-15(22(24)25)13-17(18)19(23)21(14-7-3-1-4-8-14)28(26,27)16-9-5-2-6-10-16/h1-13H. The fraction of sp³-hybridized carbons (Fsp3) is 0. The van der Waals surface area contributed by atoms with E-state index in [1.165, 1.54) is 42.5 Å². The van der Waals surface area contributed by atoms with Crippen molar-refractivity contribution < 1.29 is 18.1 Å². The molecule has 0 aliphatic carbocycles. The van der Waals surface area contributed by atoms with Gasteiger partial charge in [0.15, 0.2) is 0 Å². The average Bonchev–Trinajstić information content (AvgIpc) is 2.69. The van der Waals surface area contributed by atoms with Crippen LogP contribution in [0.3, 0.4) is 0 Å². The molecule has 3 aromatic rings. The maximum Gasteiger partial charge on any atom is 0.274 e. The SMILES string of the molecule is O=C(c1cc([N+](=O)[O-])ccc1Cl)N(c1ccccc1)S(=O)(=O)c1ccccc1. The molecule has 3 aromatic carbocycles. The van der Waals surface area contributed by atoms with Gasteiger partial charge >= 0.3 is 0 Å². The predicted molar refractivity (Wildman–Crippen MR) is 105 cm³/mol. The maximum atomic E-state index is 13.2. The average molecular weight is 417 g/mol. The molecule has 7 nitrogen and oxygen atoms in total. The minimum atomic E-state index is -4.30. The largest absolute Gasteiger partial charge is 0.274 e. The number of carbonyl (C=O) groups excluding carboxylic acids is 1. The predicted octanol–water partition coefficient (Wildman–Crippen LogP) is 4.28. The Hall–Kier alpha value is -3.23. The van der Waals surface area contributed by atoms with E-state index in [0.717, 1.165) is 12.1 Å². The van der Waals surface area contributed by atoms with Crippen molar-refractivity contribution in [2.45, 2.75) is 4.90 Å². The minimum absolute atomic E-state index is 0.0823. The van der Waals surface area contributed by atoms with Crippen LogP contribution in [-0.4, -0.2) is 19.2 Å². The third-order valence-corrected chi connectivity index (χ3v) is 5.90. The third-order valence-electron chi connectivity index (χ3n) is 3.85. The Morgan fingerprint density at radius 3 is 2.07 bits per heavy atom. The normalized spacial score (nSPS) is 11.0. The van der Waals surface area contributed by atoms with Crippen molar-refractivity contribution >= 4 is 38.9 Å². The van der Waals surface area contributed by atoms with Gasteiger partial charge in [0.1, 0.15) is 0 Å². The molecule has 0 saturated carbocycles. The molecule has 0 fully saturated rings. The van der Waals surface area contributed by atoms with Gasteiger partial charge in [-0.1, -0.05) is 48.0 Å². The molecular weight excluding hydrogens is 404 g/mol. The summed E-state index contributed by atoms with van der Waals surface area (Å²) in [5.41, 5.74) is -0.587. The summed E-state index contributed by atoms with van der Waals surface area (Å²) < 4.78 is 27.0. The Morgan fingerprint density at radius 1 is 0.929 bits per heavy atom. The topological polar surface area (TPSA) is 97.6 Å². The number of non-ortho nitro benzene ring substituents is 1.